The number of aromatic nitrogens is 2. The third kappa shape index (κ3) is 2.07. The summed E-state index contributed by atoms with van der Waals surface area (Å²) in [4.78, 5) is 0. The predicted octanol–water partition coefficient (Wildman–Crippen LogP) is 2.87. The topological polar surface area (TPSA) is 25.8 Å². The van der Waals surface area contributed by atoms with E-state index in [4.69, 9.17) is 0 Å². The molecule has 0 atom stereocenters. The van der Waals surface area contributed by atoms with Crippen molar-refractivity contribution < 1.29 is 0 Å². The predicted molar refractivity (Wildman–Crippen MR) is 69.8 cm³/mol. The first-order valence-corrected chi connectivity index (χ1v) is 6.92. The molecule has 1 heterocycles. The van der Waals surface area contributed by atoms with Gasteiger partial charge in [0.15, 0.2) is 0 Å². The Hall–Kier alpha value is -1.70. The third-order valence-electron chi connectivity index (χ3n) is 2.58. The van der Waals surface area contributed by atoms with Crippen LogP contribution in [0.5, 0.6) is 0 Å². The summed E-state index contributed by atoms with van der Waals surface area (Å²) in [5, 5.41) is 0. The molecule has 0 unspecified atom stereocenters. The zero-order valence-electron chi connectivity index (χ0n) is 9.08. The fourth-order valence-corrected chi connectivity index (χ4v) is 2.99. The van der Waals surface area contributed by atoms with Crippen LogP contribution in [0, 0.1) is 0 Å². The van der Waals surface area contributed by atoms with Crippen molar-refractivity contribution >= 4 is 15.0 Å². The molecule has 3 rings (SSSR count). The zero-order chi connectivity index (χ0) is 11.5. The van der Waals surface area contributed by atoms with Crippen LogP contribution in [0.4, 0.5) is 0 Å². The molecule has 0 fully saturated rings. The van der Waals surface area contributed by atoms with E-state index in [1.165, 1.54) is 0 Å². The van der Waals surface area contributed by atoms with Crippen LogP contribution in [0.25, 0.3) is 22.5 Å². The van der Waals surface area contributed by atoms with E-state index in [2.05, 4.69) is 32.2 Å². The SMILES string of the molecule is c1ccc(-c2n[se]nc2-c2ccccc2)cc1. The molecule has 0 N–H and O–H groups in total. The van der Waals surface area contributed by atoms with Crippen LogP contribution in [0.1, 0.15) is 0 Å². The standard InChI is InChI=1S/C14H10N2Se/c1-3-7-11(8-4-1)13-14(16-17-15-13)12-9-5-2-6-10-12/h1-10H. The van der Waals surface area contributed by atoms with Gasteiger partial charge in [0, 0.05) is 0 Å². The molecule has 1 aromatic heterocycles. The molecule has 0 amide bonds. The monoisotopic (exact) mass is 286 g/mol. The summed E-state index contributed by atoms with van der Waals surface area (Å²) in [6, 6.07) is 20.5. The summed E-state index contributed by atoms with van der Waals surface area (Å²) < 4.78 is 9.08. The summed E-state index contributed by atoms with van der Waals surface area (Å²) in [6.45, 7) is 0. The zero-order valence-corrected chi connectivity index (χ0v) is 10.8. The molecule has 0 saturated carbocycles. The minimum absolute atomic E-state index is 0.00362. The van der Waals surface area contributed by atoms with Crippen molar-refractivity contribution in [1.82, 2.24) is 7.96 Å². The fraction of sp³-hybridized carbons (Fsp3) is 0. The Morgan fingerprint density at radius 1 is 0.588 bits per heavy atom. The number of hydrogen-bond donors (Lipinski definition) is 0. The Morgan fingerprint density at radius 2 is 1.00 bits per heavy atom. The van der Waals surface area contributed by atoms with Crippen LogP contribution in [-0.4, -0.2) is 22.9 Å². The number of hydrogen-bond acceptors (Lipinski definition) is 2. The van der Waals surface area contributed by atoms with Crippen LogP contribution < -0.4 is 0 Å². The second-order valence-corrected chi connectivity index (χ2v) is 4.80. The third-order valence-corrected chi connectivity index (χ3v) is 3.69. The fourth-order valence-electron chi connectivity index (χ4n) is 1.76. The van der Waals surface area contributed by atoms with Crippen LogP contribution >= 0.6 is 0 Å². The van der Waals surface area contributed by atoms with E-state index in [-0.39, 0.29) is 15.0 Å². The first kappa shape index (κ1) is 10.5. The van der Waals surface area contributed by atoms with Crippen LogP contribution in [0.2, 0.25) is 0 Å². The van der Waals surface area contributed by atoms with Crippen molar-refractivity contribution in [2.24, 2.45) is 0 Å². The van der Waals surface area contributed by atoms with Crippen molar-refractivity contribution in [3.8, 4) is 22.5 Å². The van der Waals surface area contributed by atoms with E-state index >= 15 is 0 Å². The normalized spacial score (nSPS) is 10.4. The summed E-state index contributed by atoms with van der Waals surface area (Å²) in [5.74, 6) is 0. The maximum atomic E-state index is 4.54. The molecule has 0 radical (unpaired) electrons. The van der Waals surface area contributed by atoms with Gasteiger partial charge in [-0.05, 0) is 0 Å². The Balaban J connectivity index is 2.13. The molecule has 0 aliphatic carbocycles. The first-order valence-electron chi connectivity index (χ1n) is 5.38. The van der Waals surface area contributed by atoms with Crippen molar-refractivity contribution in [3.05, 3.63) is 60.7 Å². The average molecular weight is 285 g/mol. The van der Waals surface area contributed by atoms with E-state index in [1.54, 1.807) is 0 Å². The van der Waals surface area contributed by atoms with Gasteiger partial charge in [0.25, 0.3) is 0 Å². The van der Waals surface area contributed by atoms with Crippen molar-refractivity contribution in [3.63, 3.8) is 0 Å². The van der Waals surface area contributed by atoms with E-state index < -0.39 is 0 Å². The van der Waals surface area contributed by atoms with Gasteiger partial charge in [-0.25, -0.2) is 0 Å². The second-order valence-electron chi connectivity index (χ2n) is 3.69. The summed E-state index contributed by atoms with van der Waals surface area (Å²) in [7, 11) is 0. The van der Waals surface area contributed by atoms with Gasteiger partial charge in [-0.3, -0.25) is 0 Å². The van der Waals surface area contributed by atoms with Crippen molar-refractivity contribution in [2.75, 3.05) is 0 Å². The second kappa shape index (κ2) is 4.66. The quantitative estimate of drug-likeness (QED) is 0.677. The Morgan fingerprint density at radius 3 is 1.41 bits per heavy atom. The van der Waals surface area contributed by atoms with Gasteiger partial charge in [0.1, 0.15) is 0 Å². The molecule has 2 aromatic carbocycles. The minimum atomic E-state index is -0.00362. The molecule has 3 heteroatoms. The Kier molecular flexibility index (Phi) is 2.86. The van der Waals surface area contributed by atoms with Crippen LogP contribution in [0.15, 0.2) is 60.7 Å². The molecule has 82 valence electrons. The van der Waals surface area contributed by atoms with Gasteiger partial charge in [-0.2, -0.15) is 0 Å². The van der Waals surface area contributed by atoms with E-state index in [9.17, 15) is 0 Å². The molecule has 17 heavy (non-hydrogen) atoms. The van der Waals surface area contributed by atoms with Crippen molar-refractivity contribution in [1.29, 1.82) is 0 Å². The molecule has 0 aliphatic heterocycles. The molecule has 0 saturated heterocycles. The van der Waals surface area contributed by atoms with Crippen LogP contribution in [0.3, 0.4) is 0 Å². The summed E-state index contributed by atoms with van der Waals surface area (Å²) >= 11 is -0.00362. The number of benzene rings is 2. The molecule has 0 bridgehead atoms. The van der Waals surface area contributed by atoms with E-state index in [0.29, 0.717) is 0 Å². The van der Waals surface area contributed by atoms with Gasteiger partial charge in [0.2, 0.25) is 0 Å². The molecule has 3 aromatic rings. The van der Waals surface area contributed by atoms with Gasteiger partial charge in [-0.1, -0.05) is 0 Å². The van der Waals surface area contributed by atoms with Gasteiger partial charge >= 0.3 is 106 Å². The molecular formula is C14H10N2Se. The van der Waals surface area contributed by atoms with Gasteiger partial charge < -0.3 is 0 Å². The Bertz CT molecular complexity index is 548. The van der Waals surface area contributed by atoms with E-state index in [1.807, 2.05) is 36.4 Å². The Labute approximate surface area is 106 Å². The molecule has 0 aliphatic rings. The molecular weight excluding hydrogens is 275 g/mol. The van der Waals surface area contributed by atoms with E-state index in [0.717, 1.165) is 22.5 Å². The number of rotatable bonds is 2. The molecule has 0 spiro atoms. The van der Waals surface area contributed by atoms with Crippen LogP contribution in [-0.2, 0) is 0 Å². The number of nitrogens with zero attached hydrogens (tertiary/aromatic N) is 2. The van der Waals surface area contributed by atoms with Gasteiger partial charge in [-0.15, -0.1) is 0 Å². The summed E-state index contributed by atoms with van der Waals surface area (Å²) in [6.07, 6.45) is 0. The average Bonchev–Trinajstić information content (AvgIpc) is 2.90. The molecule has 2 nitrogen and oxygen atoms in total. The maximum absolute atomic E-state index is 4.54. The van der Waals surface area contributed by atoms with Crippen molar-refractivity contribution in [2.45, 2.75) is 0 Å². The first-order chi connectivity index (χ1) is 8.45. The summed E-state index contributed by atoms with van der Waals surface area (Å²) in [5.41, 5.74) is 4.34. The van der Waals surface area contributed by atoms with Gasteiger partial charge in [0.05, 0.1) is 0 Å².